The van der Waals surface area contributed by atoms with E-state index in [-0.39, 0.29) is 62.6 Å². The summed E-state index contributed by atoms with van der Waals surface area (Å²) < 4.78 is 23.7. The van der Waals surface area contributed by atoms with Gasteiger partial charge in [0.15, 0.2) is 17.9 Å². The van der Waals surface area contributed by atoms with Gasteiger partial charge in [-0.1, -0.05) is 98.9 Å². The van der Waals surface area contributed by atoms with Crippen LogP contribution in [-0.4, -0.2) is 183 Å². The molecule has 0 saturated carbocycles. The van der Waals surface area contributed by atoms with E-state index in [4.69, 9.17) is 30.4 Å². The highest BCUT2D eigenvalue weighted by atomic mass is 16.7. The molecular formula is C58H86N2O19. The molecule has 1 aromatic carbocycles. The Kier molecular flexibility index (Phi) is 28.0. The molecule has 3 aliphatic rings. The number of carboxylic acid groups (broad SMARTS) is 1. The maximum Gasteiger partial charge on any atom is 0.311 e. The molecule has 0 amide bonds. The van der Waals surface area contributed by atoms with Crippen LogP contribution in [0.3, 0.4) is 0 Å². The van der Waals surface area contributed by atoms with Crippen LogP contribution < -0.4 is 11.5 Å². The Bertz CT molecular complexity index is 2240. The highest BCUT2D eigenvalue weighted by Crippen LogP contribution is 2.38. The van der Waals surface area contributed by atoms with Gasteiger partial charge in [-0.3, -0.25) is 14.4 Å². The van der Waals surface area contributed by atoms with Gasteiger partial charge < -0.3 is 91.7 Å². The zero-order valence-electron chi connectivity index (χ0n) is 45.2. The average Bonchev–Trinajstić information content (AvgIpc) is 3.35. The fraction of sp³-hybridized carbons (Fsp3) is 0.603. The van der Waals surface area contributed by atoms with Crippen molar-refractivity contribution in [2.24, 2.45) is 23.5 Å². The lowest BCUT2D eigenvalue weighted by molar-refractivity contribution is -0.308. The van der Waals surface area contributed by atoms with Crippen molar-refractivity contribution >= 4 is 23.4 Å². The third-order valence-electron chi connectivity index (χ3n) is 14.3. The fourth-order valence-electron chi connectivity index (χ4n) is 10.0. The Labute approximate surface area is 462 Å². The fourth-order valence-corrected chi connectivity index (χ4v) is 10.0. The highest BCUT2D eigenvalue weighted by molar-refractivity contribution is 5.96. The number of nitrogen functional groups attached to an aromatic ring is 1. The summed E-state index contributed by atoms with van der Waals surface area (Å²) in [7, 11) is 0. The molecule has 0 aliphatic carbocycles. The highest BCUT2D eigenvalue weighted by Gasteiger charge is 2.51. The van der Waals surface area contributed by atoms with E-state index in [9.17, 15) is 75.7 Å². The molecule has 21 nitrogen and oxygen atoms in total. The van der Waals surface area contributed by atoms with Crippen LogP contribution in [0.25, 0.3) is 0 Å². The van der Waals surface area contributed by atoms with Crippen LogP contribution in [0.15, 0.2) is 109 Å². The smallest absolute Gasteiger partial charge is 0.311 e. The van der Waals surface area contributed by atoms with Crippen LogP contribution in [0.1, 0.15) is 108 Å². The summed E-state index contributed by atoms with van der Waals surface area (Å²) in [5.41, 5.74) is 12.7. The molecule has 3 heterocycles. The maximum absolute atomic E-state index is 13.3. The number of aliphatic hydroxyl groups is 11. The van der Waals surface area contributed by atoms with Crippen molar-refractivity contribution in [1.82, 2.24) is 0 Å². The number of aliphatic hydroxyl groups excluding tert-OH is 10. The van der Waals surface area contributed by atoms with Gasteiger partial charge in [-0.25, -0.2) is 0 Å². The predicted molar refractivity (Wildman–Crippen MR) is 291 cm³/mol. The number of carbonyl (C=O) groups excluding carboxylic acids is 2. The minimum absolute atomic E-state index is 0.120. The topological polar surface area (TPSA) is 383 Å². The van der Waals surface area contributed by atoms with E-state index in [1.807, 2.05) is 19.9 Å². The number of hydrogen-bond acceptors (Lipinski definition) is 20. The Morgan fingerprint density at radius 3 is 1.75 bits per heavy atom. The number of esters is 1. The van der Waals surface area contributed by atoms with Crippen molar-refractivity contribution in [3.05, 3.63) is 115 Å². The van der Waals surface area contributed by atoms with Gasteiger partial charge in [-0.2, -0.15) is 0 Å². The molecule has 442 valence electrons. The molecule has 1 aromatic rings. The van der Waals surface area contributed by atoms with Crippen molar-refractivity contribution in [3.63, 3.8) is 0 Å². The summed E-state index contributed by atoms with van der Waals surface area (Å²) in [6, 6.07) is 5.24. The quantitative estimate of drug-likeness (QED) is 0.0906. The van der Waals surface area contributed by atoms with Crippen molar-refractivity contribution in [2.45, 2.75) is 201 Å². The average molecular weight is 1120 g/mol. The first-order valence-electron chi connectivity index (χ1n) is 27.1. The number of hydrogen-bond donors (Lipinski definition) is 14. The summed E-state index contributed by atoms with van der Waals surface area (Å²) in [5.74, 6) is -7.07. The summed E-state index contributed by atoms with van der Waals surface area (Å²) in [6.45, 7) is 5.23. The SMILES string of the molecule is CC1/C=C/C=C/C=C/C=C/C=C/C=C/C=C/C(OC2O[C@H](C)C(O)[C@H](N)C2O)CC2OC(O)(CC(O)CC(O)CC(O)CC(O)C[C@H](O)CC(O)CC(=O)OC1C(C)CCC(O)CC(=O)c1ccc(N)cc1)CC(O)C2C(=O)O. The molecule has 16 N–H and O–H groups in total. The lowest BCUT2D eigenvalue weighted by Gasteiger charge is -2.45. The molecule has 3 aliphatic heterocycles. The number of Topliss-reactive ketones (excluding diaryl/α,β-unsaturated/α-hetero) is 1. The molecular weight excluding hydrogens is 1030 g/mol. The van der Waals surface area contributed by atoms with Crippen molar-refractivity contribution in [1.29, 1.82) is 0 Å². The van der Waals surface area contributed by atoms with Gasteiger partial charge in [0.1, 0.15) is 18.1 Å². The normalized spacial score (nSPS) is 39.3. The van der Waals surface area contributed by atoms with E-state index in [2.05, 4.69) is 0 Å². The van der Waals surface area contributed by atoms with Crippen molar-refractivity contribution in [2.75, 3.05) is 5.73 Å². The maximum atomic E-state index is 13.3. The zero-order valence-corrected chi connectivity index (χ0v) is 45.2. The van der Waals surface area contributed by atoms with Gasteiger partial charge >= 0.3 is 11.9 Å². The third-order valence-corrected chi connectivity index (χ3v) is 14.3. The number of carboxylic acids is 1. The second-order valence-corrected chi connectivity index (χ2v) is 21.4. The predicted octanol–water partition coefficient (Wildman–Crippen LogP) is 2.08. The molecule has 2 bridgehead atoms. The number of cyclic esters (lactones) is 1. The molecule has 0 radical (unpaired) electrons. The lowest BCUT2D eigenvalue weighted by atomic mass is 9.82. The number of aliphatic carboxylic acids is 1. The molecule has 21 heteroatoms. The summed E-state index contributed by atoms with van der Waals surface area (Å²) >= 11 is 0. The molecule has 2 saturated heterocycles. The van der Waals surface area contributed by atoms with Gasteiger partial charge in [0.25, 0.3) is 0 Å². The van der Waals surface area contributed by atoms with Crippen LogP contribution in [0, 0.1) is 17.8 Å². The van der Waals surface area contributed by atoms with Gasteiger partial charge in [0, 0.05) is 42.9 Å². The second kappa shape index (κ2) is 33.2. The number of anilines is 1. The van der Waals surface area contributed by atoms with Crippen LogP contribution in [0.2, 0.25) is 0 Å². The standard InChI is InChI=1S/C58H86N2O19/c1-34-16-14-12-10-8-6-4-5-7-9-11-13-15-17-46(77-57-54(72)52(60)53(71)36(3)76-57)31-49-51(56(73)74)48(69)33-58(75,79-49)32-45(67)28-43(65)26-41(63)24-40(62)25-42(64)27-44(66)30-50(70)78-55(34)35(2)18-23-39(61)29-47(68)37-19-21-38(59)22-20-37/h4-17,19-22,34-36,39-46,48-49,51-55,57,61-67,69,71-72,75H,18,23-33,59-60H2,1-3H3,(H,73,74)/b5-4+,8-6+,9-7+,12-10+,13-11+,16-14+,17-15+/t34?,35?,36-,39?,40?,41?,42+,43?,44?,45?,46?,48?,49?,51?,52+,53?,54?,55?,57?,58?/m1/s1. The zero-order chi connectivity index (χ0) is 58.4. The Balaban J connectivity index is 1.54. The Hall–Kier alpha value is -4.79. The summed E-state index contributed by atoms with van der Waals surface area (Å²) in [5, 5.41) is 130. The first-order chi connectivity index (χ1) is 37.3. The van der Waals surface area contributed by atoms with Gasteiger partial charge in [0.05, 0.1) is 85.7 Å². The van der Waals surface area contributed by atoms with Crippen LogP contribution >= 0.6 is 0 Å². The van der Waals surface area contributed by atoms with Gasteiger partial charge in [0.2, 0.25) is 0 Å². The Morgan fingerprint density at radius 2 is 1.20 bits per heavy atom. The molecule has 17 unspecified atom stereocenters. The minimum Gasteiger partial charge on any atom is -0.481 e. The van der Waals surface area contributed by atoms with E-state index >= 15 is 0 Å². The van der Waals surface area contributed by atoms with E-state index in [1.54, 1.807) is 97.2 Å². The number of allylic oxidation sites excluding steroid dienone is 12. The number of nitrogens with two attached hydrogens (primary N) is 2. The van der Waals surface area contributed by atoms with E-state index in [0.717, 1.165) is 0 Å². The number of benzene rings is 1. The van der Waals surface area contributed by atoms with Crippen LogP contribution in [0.5, 0.6) is 0 Å². The van der Waals surface area contributed by atoms with Crippen molar-refractivity contribution < 1.29 is 94.6 Å². The van der Waals surface area contributed by atoms with E-state index in [1.165, 1.54) is 13.0 Å². The molecule has 20 atom stereocenters. The number of ketones is 1. The first kappa shape index (κ1) is 66.7. The summed E-state index contributed by atoms with van der Waals surface area (Å²) in [6.07, 6.45) is 1.42. The largest absolute Gasteiger partial charge is 0.481 e. The molecule has 0 spiro atoms. The van der Waals surface area contributed by atoms with Crippen molar-refractivity contribution in [3.8, 4) is 0 Å². The van der Waals surface area contributed by atoms with E-state index < -0.39 is 147 Å². The number of ether oxygens (including phenoxy) is 4. The van der Waals surface area contributed by atoms with Gasteiger partial charge in [-0.05, 0) is 82.1 Å². The Morgan fingerprint density at radius 1 is 0.696 bits per heavy atom. The molecule has 0 aromatic heterocycles. The second-order valence-electron chi connectivity index (χ2n) is 21.4. The van der Waals surface area contributed by atoms with Crippen LogP contribution in [-0.2, 0) is 28.5 Å². The molecule has 4 rings (SSSR count). The van der Waals surface area contributed by atoms with E-state index in [0.29, 0.717) is 17.7 Å². The summed E-state index contributed by atoms with van der Waals surface area (Å²) in [4.78, 5) is 38.7. The molecule has 2 fully saturated rings. The first-order valence-corrected chi connectivity index (χ1v) is 27.1. The third kappa shape index (κ3) is 23.3. The minimum atomic E-state index is -2.33. The van der Waals surface area contributed by atoms with Gasteiger partial charge in [-0.15, -0.1) is 0 Å². The monoisotopic (exact) mass is 1110 g/mol. The number of carbonyl (C=O) groups is 3. The lowest BCUT2D eigenvalue weighted by Crippen LogP contribution is -2.61. The number of rotatable bonds is 10. The molecule has 79 heavy (non-hydrogen) atoms. The number of fused-ring (bicyclic) bond motifs is 2. The van der Waals surface area contributed by atoms with Crippen LogP contribution in [0.4, 0.5) is 5.69 Å².